The minimum Gasteiger partial charge on any atom is -0.465 e. The number of carbonyl (C=O) groups excluding carboxylic acids is 3. The van der Waals surface area contributed by atoms with Crippen LogP contribution in [0.3, 0.4) is 0 Å². The second-order valence-electron chi connectivity index (χ2n) is 7.62. The van der Waals surface area contributed by atoms with Crippen LogP contribution in [0.15, 0.2) is 24.3 Å². The van der Waals surface area contributed by atoms with Crippen LogP contribution in [0.4, 0.5) is 15.3 Å². The van der Waals surface area contributed by atoms with Crippen molar-refractivity contribution in [3.8, 4) is 0 Å². The van der Waals surface area contributed by atoms with E-state index in [1.165, 1.54) is 7.11 Å². The van der Waals surface area contributed by atoms with Crippen molar-refractivity contribution in [3.05, 3.63) is 29.8 Å². The Hall–Kier alpha value is -2.77. The van der Waals surface area contributed by atoms with Crippen LogP contribution in [-0.2, 0) is 9.47 Å². The standard InChI is InChI=1S/C21H29N3O5/c1-4-14(2)18-13-29-21(27)24(18)15-9-11-23(12-10-15)20(26)22-17-8-6-5-7-16(17)19(25)28-3/h5-8,14-15,18H,4,9-13H2,1-3H3,(H,22,26). The van der Waals surface area contributed by atoms with Crippen molar-refractivity contribution in [1.29, 1.82) is 0 Å². The Bertz CT molecular complexity index is 760. The molecule has 3 amide bonds. The number of likely N-dealkylation sites (tertiary alicyclic amines) is 1. The largest absolute Gasteiger partial charge is 0.465 e. The van der Waals surface area contributed by atoms with Gasteiger partial charge in [-0.1, -0.05) is 32.4 Å². The van der Waals surface area contributed by atoms with E-state index in [1.807, 2.05) is 4.90 Å². The summed E-state index contributed by atoms with van der Waals surface area (Å²) in [6.45, 7) is 5.77. The highest BCUT2D eigenvalue weighted by atomic mass is 16.6. The number of hydrogen-bond acceptors (Lipinski definition) is 5. The van der Waals surface area contributed by atoms with Crippen LogP contribution < -0.4 is 5.32 Å². The van der Waals surface area contributed by atoms with Crippen molar-refractivity contribution in [3.63, 3.8) is 0 Å². The smallest absolute Gasteiger partial charge is 0.410 e. The summed E-state index contributed by atoms with van der Waals surface area (Å²) >= 11 is 0. The van der Waals surface area contributed by atoms with Gasteiger partial charge in [-0.25, -0.2) is 14.4 Å². The molecule has 2 saturated heterocycles. The highest BCUT2D eigenvalue weighted by Crippen LogP contribution is 2.29. The minimum absolute atomic E-state index is 0.0791. The molecule has 1 aromatic carbocycles. The zero-order valence-corrected chi connectivity index (χ0v) is 17.2. The lowest BCUT2D eigenvalue weighted by molar-refractivity contribution is 0.0602. The lowest BCUT2D eigenvalue weighted by atomic mass is 9.95. The highest BCUT2D eigenvalue weighted by Gasteiger charge is 2.41. The van der Waals surface area contributed by atoms with Crippen LogP contribution in [0.1, 0.15) is 43.5 Å². The maximum absolute atomic E-state index is 12.7. The number of amides is 3. The first-order chi connectivity index (χ1) is 14.0. The summed E-state index contributed by atoms with van der Waals surface area (Å²) in [6.07, 6.45) is 2.14. The monoisotopic (exact) mass is 403 g/mol. The third-order valence-corrected chi connectivity index (χ3v) is 5.97. The molecule has 8 heteroatoms. The van der Waals surface area contributed by atoms with E-state index in [4.69, 9.17) is 9.47 Å². The van der Waals surface area contributed by atoms with Gasteiger partial charge < -0.3 is 19.7 Å². The van der Waals surface area contributed by atoms with Gasteiger partial charge in [-0.05, 0) is 30.9 Å². The fourth-order valence-electron chi connectivity index (χ4n) is 4.00. The molecule has 2 unspecified atom stereocenters. The van der Waals surface area contributed by atoms with E-state index in [1.54, 1.807) is 29.2 Å². The predicted molar refractivity (Wildman–Crippen MR) is 108 cm³/mol. The van der Waals surface area contributed by atoms with Crippen molar-refractivity contribution in [1.82, 2.24) is 9.80 Å². The average molecular weight is 403 g/mol. The molecule has 1 N–H and O–H groups in total. The number of hydrogen-bond donors (Lipinski definition) is 1. The Morgan fingerprint density at radius 1 is 1.28 bits per heavy atom. The molecule has 29 heavy (non-hydrogen) atoms. The quantitative estimate of drug-likeness (QED) is 0.762. The Balaban J connectivity index is 1.60. The van der Waals surface area contributed by atoms with Crippen molar-refractivity contribution < 1.29 is 23.9 Å². The van der Waals surface area contributed by atoms with Gasteiger partial charge in [-0.3, -0.25) is 4.90 Å². The van der Waals surface area contributed by atoms with E-state index >= 15 is 0 Å². The molecule has 158 valence electrons. The number of para-hydroxylation sites is 1. The normalized spacial score (nSPS) is 20.9. The molecule has 0 aliphatic carbocycles. The van der Waals surface area contributed by atoms with Gasteiger partial charge in [0, 0.05) is 19.1 Å². The minimum atomic E-state index is -0.497. The maximum Gasteiger partial charge on any atom is 0.410 e. The Labute approximate surface area is 171 Å². The summed E-state index contributed by atoms with van der Waals surface area (Å²) in [5.74, 6) is -0.124. The van der Waals surface area contributed by atoms with E-state index in [2.05, 4.69) is 19.2 Å². The van der Waals surface area contributed by atoms with Crippen LogP contribution in [0.2, 0.25) is 0 Å². The average Bonchev–Trinajstić information content (AvgIpc) is 3.14. The third kappa shape index (κ3) is 4.46. The van der Waals surface area contributed by atoms with Gasteiger partial charge in [0.05, 0.1) is 24.4 Å². The summed E-state index contributed by atoms with van der Waals surface area (Å²) in [7, 11) is 1.31. The van der Waals surface area contributed by atoms with E-state index < -0.39 is 5.97 Å². The van der Waals surface area contributed by atoms with Crippen LogP contribution in [0, 0.1) is 5.92 Å². The Kier molecular flexibility index (Phi) is 6.61. The molecule has 2 atom stereocenters. The van der Waals surface area contributed by atoms with Crippen molar-refractivity contribution in [2.75, 3.05) is 32.1 Å². The molecule has 1 aromatic rings. The van der Waals surface area contributed by atoms with Gasteiger partial charge in [-0.2, -0.15) is 0 Å². The van der Waals surface area contributed by atoms with Crippen molar-refractivity contribution >= 4 is 23.8 Å². The second kappa shape index (κ2) is 9.15. The number of ether oxygens (including phenoxy) is 2. The number of anilines is 1. The molecule has 2 heterocycles. The van der Waals surface area contributed by atoms with Crippen LogP contribution >= 0.6 is 0 Å². The number of nitrogens with one attached hydrogen (secondary N) is 1. The van der Waals surface area contributed by atoms with Gasteiger partial charge in [-0.15, -0.1) is 0 Å². The molecule has 2 aliphatic heterocycles. The summed E-state index contributed by atoms with van der Waals surface area (Å²) in [6, 6.07) is 6.68. The lowest BCUT2D eigenvalue weighted by Gasteiger charge is -2.39. The molecule has 3 rings (SSSR count). The van der Waals surface area contributed by atoms with Gasteiger partial charge in [0.2, 0.25) is 0 Å². The van der Waals surface area contributed by atoms with Crippen molar-refractivity contribution in [2.45, 2.75) is 45.2 Å². The third-order valence-electron chi connectivity index (χ3n) is 5.97. The van der Waals surface area contributed by atoms with Crippen LogP contribution in [-0.4, -0.2) is 66.8 Å². The Morgan fingerprint density at radius 3 is 2.62 bits per heavy atom. The van der Waals surface area contributed by atoms with E-state index in [9.17, 15) is 14.4 Å². The fourth-order valence-corrected chi connectivity index (χ4v) is 4.00. The van der Waals surface area contributed by atoms with Crippen LogP contribution in [0.25, 0.3) is 0 Å². The molecule has 2 fully saturated rings. The van der Waals surface area contributed by atoms with E-state index in [0.29, 0.717) is 49.7 Å². The van der Waals surface area contributed by atoms with Gasteiger partial charge in [0.25, 0.3) is 0 Å². The molecule has 0 spiro atoms. The lowest BCUT2D eigenvalue weighted by Crippen LogP contribution is -2.51. The van der Waals surface area contributed by atoms with Gasteiger partial charge >= 0.3 is 18.1 Å². The topological polar surface area (TPSA) is 88.2 Å². The number of methoxy groups -OCH3 is 1. The number of urea groups is 1. The molecular formula is C21H29N3O5. The first-order valence-corrected chi connectivity index (χ1v) is 10.1. The first-order valence-electron chi connectivity index (χ1n) is 10.1. The zero-order chi connectivity index (χ0) is 21.0. The SMILES string of the molecule is CCC(C)C1COC(=O)N1C1CCN(C(=O)Nc2ccccc2C(=O)OC)CC1. The molecule has 2 aliphatic rings. The number of esters is 1. The number of benzene rings is 1. The first kappa shape index (κ1) is 21.0. The van der Waals surface area contributed by atoms with Crippen molar-refractivity contribution in [2.24, 2.45) is 5.92 Å². The molecule has 0 aromatic heterocycles. The molecule has 0 bridgehead atoms. The zero-order valence-electron chi connectivity index (χ0n) is 17.2. The molecule has 0 radical (unpaired) electrons. The summed E-state index contributed by atoms with van der Waals surface area (Å²) in [5, 5.41) is 2.81. The molecule has 8 nitrogen and oxygen atoms in total. The van der Waals surface area contributed by atoms with Gasteiger partial charge in [0.1, 0.15) is 6.61 Å². The summed E-state index contributed by atoms with van der Waals surface area (Å²) in [4.78, 5) is 40.4. The number of piperidine rings is 1. The molecule has 0 saturated carbocycles. The number of nitrogens with zero attached hydrogens (tertiary/aromatic N) is 2. The number of rotatable bonds is 5. The number of carbonyl (C=O) groups is 3. The maximum atomic E-state index is 12.7. The second-order valence-corrected chi connectivity index (χ2v) is 7.62. The Morgan fingerprint density at radius 2 is 1.97 bits per heavy atom. The van der Waals surface area contributed by atoms with E-state index in [-0.39, 0.29) is 24.2 Å². The van der Waals surface area contributed by atoms with Crippen LogP contribution in [0.5, 0.6) is 0 Å². The number of cyclic esters (lactones) is 1. The molecular weight excluding hydrogens is 374 g/mol. The van der Waals surface area contributed by atoms with Gasteiger partial charge in [0.15, 0.2) is 0 Å². The summed E-state index contributed by atoms with van der Waals surface area (Å²) < 4.78 is 10.1. The van der Waals surface area contributed by atoms with E-state index in [0.717, 1.165) is 6.42 Å². The predicted octanol–water partition coefficient (Wildman–Crippen LogP) is 3.34. The fraction of sp³-hybridized carbons (Fsp3) is 0.571. The highest BCUT2D eigenvalue weighted by molar-refractivity contribution is 6.00. The summed E-state index contributed by atoms with van der Waals surface area (Å²) in [5.41, 5.74) is 0.737.